The second-order valence-electron chi connectivity index (χ2n) is 5.89. The maximum absolute atomic E-state index is 2.43. The maximum atomic E-state index is 2.43. The van der Waals surface area contributed by atoms with Crippen molar-refractivity contribution in [1.29, 1.82) is 0 Å². The highest BCUT2D eigenvalue weighted by Gasteiger charge is 2.14. The molecule has 3 aromatic rings. The Kier molecular flexibility index (Phi) is 5.47. The van der Waals surface area contributed by atoms with E-state index in [-0.39, 0.29) is 0 Å². The van der Waals surface area contributed by atoms with Crippen molar-refractivity contribution in [3.8, 4) is 0 Å². The quantitative estimate of drug-likeness (QED) is 0.542. The average molecular weight is 313 g/mol. The molecule has 0 saturated carbocycles. The molecule has 1 nitrogen and oxygen atoms in total. The predicted octanol–water partition coefficient (Wildman–Crippen LogP) is 5.97. The van der Waals surface area contributed by atoms with Gasteiger partial charge in [0.1, 0.15) is 0 Å². The molecule has 0 heterocycles. The van der Waals surface area contributed by atoms with Crippen molar-refractivity contribution in [2.45, 2.75) is 13.0 Å². The third-order valence-electron chi connectivity index (χ3n) is 4.25. The Hall–Kier alpha value is -2.80. The second-order valence-corrected chi connectivity index (χ2v) is 5.89. The highest BCUT2D eigenvalue weighted by atomic mass is 15.2. The molecule has 120 valence electrons. The summed E-state index contributed by atoms with van der Waals surface area (Å²) >= 11 is 0. The molecule has 3 aromatic carbocycles. The number of hydrogen-bond acceptors (Lipinski definition) is 1. The Bertz CT molecular complexity index is 748. The Labute approximate surface area is 144 Å². The first kappa shape index (κ1) is 16.1. The van der Waals surface area contributed by atoms with Gasteiger partial charge in [-0.25, -0.2) is 0 Å². The Morgan fingerprint density at radius 1 is 0.750 bits per heavy atom. The van der Waals surface area contributed by atoms with Crippen LogP contribution in [0.3, 0.4) is 0 Å². The van der Waals surface area contributed by atoms with E-state index in [4.69, 9.17) is 0 Å². The molecule has 0 amide bonds. The minimum absolute atomic E-state index is 0.314. The van der Waals surface area contributed by atoms with Crippen LogP contribution >= 0.6 is 0 Å². The lowest BCUT2D eigenvalue weighted by atomic mass is 10.1. The second kappa shape index (κ2) is 8.16. The van der Waals surface area contributed by atoms with Crippen LogP contribution < -0.4 is 4.90 Å². The number of benzene rings is 3. The standard InChI is InChI=1S/C23H23N/c1-20(22-15-7-3-8-16-22)24(23-17-9-4-10-18-23)19-11-14-21-12-5-2-6-13-21/h2-18,20H,19H2,1H3/b14-11+. The fraction of sp³-hybridized carbons (Fsp3) is 0.130. The van der Waals surface area contributed by atoms with Gasteiger partial charge >= 0.3 is 0 Å². The SMILES string of the molecule is CC(c1ccccc1)N(C/C=C/c1ccccc1)c1ccccc1. The molecule has 1 heteroatoms. The van der Waals surface area contributed by atoms with Gasteiger partial charge in [0, 0.05) is 12.2 Å². The van der Waals surface area contributed by atoms with Gasteiger partial charge in [0.05, 0.1) is 6.04 Å². The summed E-state index contributed by atoms with van der Waals surface area (Å²) in [6.45, 7) is 3.13. The van der Waals surface area contributed by atoms with Crippen LogP contribution in [0.25, 0.3) is 6.08 Å². The van der Waals surface area contributed by atoms with E-state index in [1.807, 2.05) is 6.07 Å². The molecular weight excluding hydrogens is 290 g/mol. The molecular formula is C23H23N. The highest BCUT2D eigenvalue weighted by molar-refractivity contribution is 5.53. The number of rotatable bonds is 6. The number of hydrogen-bond donors (Lipinski definition) is 0. The van der Waals surface area contributed by atoms with Crippen molar-refractivity contribution >= 4 is 11.8 Å². The van der Waals surface area contributed by atoms with E-state index >= 15 is 0 Å². The minimum atomic E-state index is 0.314. The fourth-order valence-electron chi connectivity index (χ4n) is 2.88. The van der Waals surface area contributed by atoms with Gasteiger partial charge in [0.2, 0.25) is 0 Å². The van der Waals surface area contributed by atoms with E-state index in [0.717, 1.165) is 6.54 Å². The lowest BCUT2D eigenvalue weighted by molar-refractivity contribution is 0.709. The minimum Gasteiger partial charge on any atom is -0.361 e. The van der Waals surface area contributed by atoms with Crippen LogP contribution in [-0.2, 0) is 0 Å². The fourth-order valence-corrected chi connectivity index (χ4v) is 2.88. The number of anilines is 1. The summed E-state index contributed by atoms with van der Waals surface area (Å²) in [4.78, 5) is 2.43. The largest absolute Gasteiger partial charge is 0.361 e. The van der Waals surface area contributed by atoms with Gasteiger partial charge in [0.15, 0.2) is 0 Å². The average Bonchev–Trinajstić information content (AvgIpc) is 2.67. The molecule has 0 aliphatic heterocycles. The van der Waals surface area contributed by atoms with Crippen molar-refractivity contribution in [2.24, 2.45) is 0 Å². The summed E-state index contributed by atoms with van der Waals surface area (Å²) in [7, 11) is 0. The summed E-state index contributed by atoms with van der Waals surface area (Å²) in [6, 6.07) is 32.0. The summed E-state index contributed by atoms with van der Waals surface area (Å²) in [6.07, 6.45) is 4.43. The van der Waals surface area contributed by atoms with E-state index in [2.05, 4.69) is 109 Å². The summed E-state index contributed by atoms with van der Waals surface area (Å²) in [5, 5.41) is 0. The lowest BCUT2D eigenvalue weighted by Gasteiger charge is -2.31. The van der Waals surface area contributed by atoms with Gasteiger partial charge in [-0.2, -0.15) is 0 Å². The van der Waals surface area contributed by atoms with Gasteiger partial charge in [0.25, 0.3) is 0 Å². The highest BCUT2D eigenvalue weighted by Crippen LogP contribution is 2.26. The van der Waals surface area contributed by atoms with Crippen molar-refractivity contribution in [2.75, 3.05) is 11.4 Å². The third-order valence-corrected chi connectivity index (χ3v) is 4.25. The molecule has 0 aromatic heterocycles. The zero-order chi connectivity index (χ0) is 16.6. The molecule has 24 heavy (non-hydrogen) atoms. The summed E-state index contributed by atoms with van der Waals surface area (Å²) in [5.41, 5.74) is 3.80. The Morgan fingerprint density at radius 2 is 1.29 bits per heavy atom. The van der Waals surface area contributed by atoms with Crippen LogP contribution in [0.15, 0.2) is 97.1 Å². The maximum Gasteiger partial charge on any atom is 0.0517 e. The van der Waals surface area contributed by atoms with E-state index in [1.165, 1.54) is 16.8 Å². The van der Waals surface area contributed by atoms with Gasteiger partial charge < -0.3 is 4.90 Å². The molecule has 1 unspecified atom stereocenters. The van der Waals surface area contributed by atoms with Crippen LogP contribution in [-0.4, -0.2) is 6.54 Å². The van der Waals surface area contributed by atoms with Crippen molar-refractivity contribution < 1.29 is 0 Å². The smallest absolute Gasteiger partial charge is 0.0517 e. The lowest BCUT2D eigenvalue weighted by Crippen LogP contribution is -2.26. The van der Waals surface area contributed by atoms with Crippen LogP contribution in [0.4, 0.5) is 5.69 Å². The molecule has 0 bridgehead atoms. The molecule has 0 radical (unpaired) electrons. The first-order valence-corrected chi connectivity index (χ1v) is 8.43. The van der Waals surface area contributed by atoms with Gasteiger partial charge in [-0.05, 0) is 30.2 Å². The Balaban J connectivity index is 1.82. The van der Waals surface area contributed by atoms with Crippen LogP contribution in [0.5, 0.6) is 0 Å². The molecule has 0 spiro atoms. The van der Waals surface area contributed by atoms with Crippen LogP contribution in [0.2, 0.25) is 0 Å². The van der Waals surface area contributed by atoms with E-state index < -0.39 is 0 Å². The molecule has 1 atom stereocenters. The predicted molar refractivity (Wildman–Crippen MR) is 104 cm³/mol. The van der Waals surface area contributed by atoms with E-state index in [0.29, 0.717) is 6.04 Å². The zero-order valence-electron chi connectivity index (χ0n) is 14.0. The summed E-state index contributed by atoms with van der Waals surface area (Å²) < 4.78 is 0. The van der Waals surface area contributed by atoms with Gasteiger partial charge in [-0.1, -0.05) is 91.0 Å². The van der Waals surface area contributed by atoms with Crippen molar-refractivity contribution in [1.82, 2.24) is 0 Å². The topological polar surface area (TPSA) is 3.24 Å². The van der Waals surface area contributed by atoms with E-state index in [9.17, 15) is 0 Å². The zero-order valence-corrected chi connectivity index (χ0v) is 14.0. The first-order chi connectivity index (χ1) is 11.8. The van der Waals surface area contributed by atoms with Crippen LogP contribution in [0.1, 0.15) is 24.1 Å². The number of nitrogens with zero attached hydrogens (tertiary/aromatic N) is 1. The molecule has 0 aliphatic rings. The summed E-state index contributed by atoms with van der Waals surface area (Å²) in [5.74, 6) is 0. The molecule has 0 saturated heterocycles. The molecule has 3 rings (SSSR count). The van der Waals surface area contributed by atoms with Crippen LogP contribution in [0, 0.1) is 0 Å². The van der Waals surface area contributed by atoms with E-state index in [1.54, 1.807) is 0 Å². The van der Waals surface area contributed by atoms with Crippen molar-refractivity contribution in [3.63, 3.8) is 0 Å². The Morgan fingerprint density at radius 3 is 1.92 bits per heavy atom. The monoisotopic (exact) mass is 313 g/mol. The molecule has 0 fully saturated rings. The molecule has 0 N–H and O–H groups in total. The van der Waals surface area contributed by atoms with Crippen molar-refractivity contribution in [3.05, 3.63) is 108 Å². The van der Waals surface area contributed by atoms with Gasteiger partial charge in [-0.3, -0.25) is 0 Å². The normalized spacial score (nSPS) is 12.2. The molecule has 0 aliphatic carbocycles. The number of para-hydroxylation sites is 1. The first-order valence-electron chi connectivity index (χ1n) is 8.43. The third kappa shape index (κ3) is 4.14. The van der Waals surface area contributed by atoms with Gasteiger partial charge in [-0.15, -0.1) is 0 Å².